The highest BCUT2D eigenvalue weighted by Crippen LogP contribution is 2.37. The predicted molar refractivity (Wildman–Crippen MR) is 95.3 cm³/mol. The van der Waals surface area contributed by atoms with Crippen LogP contribution >= 0.6 is 0 Å². The number of likely N-dealkylation sites (N-methyl/N-ethyl adjacent to an activating group) is 1. The zero-order valence-electron chi connectivity index (χ0n) is 15.4. The highest BCUT2D eigenvalue weighted by Gasteiger charge is 2.40. The van der Waals surface area contributed by atoms with Crippen molar-refractivity contribution in [2.45, 2.75) is 43.3 Å². The number of nitrogens with one attached hydrogen (secondary N) is 1. The van der Waals surface area contributed by atoms with Crippen LogP contribution in [-0.2, 0) is 16.1 Å². The first-order chi connectivity index (χ1) is 13.6. The lowest BCUT2D eigenvalue weighted by molar-refractivity contribution is -0.171. The van der Waals surface area contributed by atoms with Gasteiger partial charge in [-0.25, -0.2) is 4.68 Å². The summed E-state index contributed by atoms with van der Waals surface area (Å²) in [4.78, 5) is 0. The Morgan fingerprint density at radius 2 is 2.18 bits per heavy atom. The van der Waals surface area contributed by atoms with Gasteiger partial charge in [-0.1, -0.05) is 17.3 Å². The Morgan fingerprint density at radius 3 is 2.93 bits per heavy atom. The number of rotatable bonds is 7. The maximum atomic E-state index is 10.3. The van der Waals surface area contributed by atoms with Crippen molar-refractivity contribution in [2.24, 2.45) is 0 Å². The maximum Gasteiger partial charge on any atom is 0.139 e. The van der Waals surface area contributed by atoms with Gasteiger partial charge in [0.25, 0.3) is 0 Å². The van der Waals surface area contributed by atoms with E-state index in [-0.39, 0.29) is 32.2 Å². The molecular formula is C18H24N4O6. The molecule has 0 amide bonds. The van der Waals surface area contributed by atoms with E-state index in [2.05, 4.69) is 15.6 Å². The van der Waals surface area contributed by atoms with Crippen LogP contribution in [0.1, 0.15) is 23.4 Å². The fourth-order valence-corrected chi connectivity index (χ4v) is 3.33. The summed E-state index contributed by atoms with van der Waals surface area (Å²) < 4.78 is 18.1. The van der Waals surface area contributed by atoms with Crippen molar-refractivity contribution < 1.29 is 29.5 Å². The molecule has 0 radical (unpaired) electrons. The van der Waals surface area contributed by atoms with Gasteiger partial charge in [-0.2, -0.15) is 0 Å². The number of epoxide rings is 1. The number of ether oxygens (including phenoxy) is 3. The maximum absolute atomic E-state index is 10.3. The lowest BCUT2D eigenvalue weighted by Gasteiger charge is -2.36. The number of nitrogens with zero attached hydrogens (tertiary/aromatic N) is 3. The molecule has 2 unspecified atom stereocenters. The Balaban J connectivity index is 1.36. The molecule has 4 N–H and O–H groups in total. The van der Waals surface area contributed by atoms with Crippen molar-refractivity contribution in [1.29, 1.82) is 0 Å². The standard InChI is InChI=1S/C18H24N4O6/c1-19-18-17(28-18)10-3-2-4-12(5-10)26-8-11-6-22(21-20-11)13-9-27-14(7-23)16(25)15(13)24/h2-6,13-19,23-25H,7-9H2,1H3/t13-,14+,15+,16-,17?,18?/m0/s1. The van der Waals surface area contributed by atoms with Gasteiger partial charge < -0.3 is 29.5 Å². The van der Waals surface area contributed by atoms with Gasteiger partial charge in [0.05, 0.1) is 19.4 Å². The van der Waals surface area contributed by atoms with Gasteiger partial charge in [-0.05, 0) is 24.7 Å². The van der Waals surface area contributed by atoms with Gasteiger partial charge in [0.1, 0.15) is 54.7 Å². The lowest BCUT2D eigenvalue weighted by Crippen LogP contribution is -2.52. The molecular weight excluding hydrogens is 368 g/mol. The SMILES string of the molecule is CNC1OC1c1cccc(OCc2cn([C@H]3CO[C@H](CO)[C@H](O)[C@@H]3O)nn2)c1. The van der Waals surface area contributed by atoms with E-state index >= 15 is 0 Å². The number of hydrogen-bond donors (Lipinski definition) is 4. The molecule has 2 fully saturated rings. The second-order valence-electron chi connectivity index (χ2n) is 6.92. The number of hydrogen-bond acceptors (Lipinski definition) is 9. The van der Waals surface area contributed by atoms with E-state index in [1.165, 1.54) is 4.68 Å². The molecule has 2 aliphatic rings. The second-order valence-corrected chi connectivity index (χ2v) is 6.92. The summed E-state index contributed by atoms with van der Waals surface area (Å²) in [6.45, 7) is -0.0412. The number of aliphatic hydroxyl groups is 3. The normalized spacial score (nSPS) is 32.3. The van der Waals surface area contributed by atoms with Crippen LogP contribution in [0.5, 0.6) is 5.75 Å². The quantitative estimate of drug-likeness (QED) is 0.444. The minimum Gasteiger partial charge on any atom is -0.487 e. The Kier molecular flexibility index (Phi) is 5.58. The second kappa shape index (κ2) is 8.11. The van der Waals surface area contributed by atoms with Crippen LogP contribution in [0.2, 0.25) is 0 Å². The molecule has 2 aromatic rings. The highest BCUT2D eigenvalue weighted by molar-refractivity contribution is 5.32. The molecule has 1 aromatic carbocycles. The highest BCUT2D eigenvalue weighted by atomic mass is 16.6. The summed E-state index contributed by atoms with van der Waals surface area (Å²) in [5, 5.41) is 40.5. The van der Waals surface area contributed by atoms with E-state index in [0.717, 1.165) is 5.56 Å². The van der Waals surface area contributed by atoms with Gasteiger partial charge in [-0.3, -0.25) is 5.32 Å². The largest absolute Gasteiger partial charge is 0.487 e. The summed E-state index contributed by atoms with van der Waals surface area (Å²) >= 11 is 0. The van der Waals surface area contributed by atoms with Crippen LogP contribution in [0, 0.1) is 0 Å². The smallest absolute Gasteiger partial charge is 0.139 e. The van der Waals surface area contributed by atoms with Crippen LogP contribution in [0.4, 0.5) is 0 Å². The van der Waals surface area contributed by atoms with Crippen LogP contribution in [-0.4, -0.2) is 75.1 Å². The van der Waals surface area contributed by atoms with E-state index in [0.29, 0.717) is 11.4 Å². The molecule has 152 valence electrons. The molecule has 0 saturated carbocycles. The molecule has 6 atom stereocenters. The molecule has 3 heterocycles. The Labute approximate surface area is 161 Å². The lowest BCUT2D eigenvalue weighted by atomic mass is 9.98. The molecule has 4 rings (SSSR count). The first kappa shape index (κ1) is 19.2. The molecule has 0 bridgehead atoms. The molecule has 0 spiro atoms. The molecule has 0 aliphatic carbocycles. The zero-order valence-corrected chi connectivity index (χ0v) is 15.4. The van der Waals surface area contributed by atoms with Crippen molar-refractivity contribution in [3.05, 3.63) is 41.7 Å². The van der Waals surface area contributed by atoms with E-state index < -0.39 is 24.4 Å². The molecule has 10 heteroatoms. The van der Waals surface area contributed by atoms with E-state index in [1.807, 2.05) is 31.3 Å². The average Bonchev–Trinajstić information content (AvgIpc) is 3.37. The fraction of sp³-hybridized carbons (Fsp3) is 0.556. The average molecular weight is 392 g/mol. The fourth-order valence-electron chi connectivity index (χ4n) is 3.33. The van der Waals surface area contributed by atoms with Crippen LogP contribution in [0.3, 0.4) is 0 Å². The Morgan fingerprint density at radius 1 is 1.32 bits per heavy atom. The summed E-state index contributed by atoms with van der Waals surface area (Å²) in [5.41, 5.74) is 1.61. The van der Waals surface area contributed by atoms with Gasteiger partial charge in [0.2, 0.25) is 0 Å². The van der Waals surface area contributed by atoms with Gasteiger partial charge in [-0.15, -0.1) is 5.10 Å². The zero-order chi connectivity index (χ0) is 19.7. The van der Waals surface area contributed by atoms with E-state index in [4.69, 9.17) is 19.3 Å². The van der Waals surface area contributed by atoms with Crippen molar-refractivity contribution in [1.82, 2.24) is 20.3 Å². The van der Waals surface area contributed by atoms with E-state index in [9.17, 15) is 10.2 Å². The number of benzene rings is 1. The number of aromatic nitrogens is 3. The monoisotopic (exact) mass is 392 g/mol. The van der Waals surface area contributed by atoms with Crippen LogP contribution < -0.4 is 10.1 Å². The molecule has 10 nitrogen and oxygen atoms in total. The molecule has 1 aromatic heterocycles. The van der Waals surface area contributed by atoms with Crippen LogP contribution in [0.25, 0.3) is 0 Å². The minimum atomic E-state index is -1.19. The predicted octanol–water partition coefficient (Wildman–Crippen LogP) is -0.872. The number of aliphatic hydroxyl groups excluding tert-OH is 3. The third-order valence-electron chi connectivity index (χ3n) is 5.03. The van der Waals surface area contributed by atoms with Crippen molar-refractivity contribution in [3.63, 3.8) is 0 Å². The summed E-state index contributed by atoms with van der Waals surface area (Å²) in [6, 6.07) is 7.09. The molecule has 28 heavy (non-hydrogen) atoms. The van der Waals surface area contributed by atoms with Crippen LogP contribution in [0.15, 0.2) is 30.5 Å². The summed E-state index contributed by atoms with van der Waals surface area (Å²) in [5.74, 6) is 0.694. The molecule has 2 saturated heterocycles. The van der Waals surface area contributed by atoms with Crippen molar-refractivity contribution in [3.8, 4) is 5.75 Å². The third kappa shape index (κ3) is 3.88. The van der Waals surface area contributed by atoms with Gasteiger partial charge >= 0.3 is 0 Å². The van der Waals surface area contributed by atoms with Crippen molar-refractivity contribution >= 4 is 0 Å². The third-order valence-corrected chi connectivity index (χ3v) is 5.03. The Hall–Kier alpha value is -2.08. The van der Waals surface area contributed by atoms with Gasteiger partial charge in [0.15, 0.2) is 0 Å². The van der Waals surface area contributed by atoms with E-state index in [1.54, 1.807) is 6.20 Å². The topological polar surface area (TPSA) is 134 Å². The summed E-state index contributed by atoms with van der Waals surface area (Å²) in [6.07, 6.45) is -1.38. The first-order valence-electron chi connectivity index (χ1n) is 9.15. The first-order valence-corrected chi connectivity index (χ1v) is 9.15. The molecule has 2 aliphatic heterocycles. The summed E-state index contributed by atoms with van der Waals surface area (Å²) in [7, 11) is 1.85. The minimum absolute atomic E-state index is 0.0383. The van der Waals surface area contributed by atoms with Gasteiger partial charge in [0, 0.05) is 0 Å². The Bertz CT molecular complexity index is 802. The van der Waals surface area contributed by atoms with Crippen molar-refractivity contribution in [2.75, 3.05) is 20.3 Å².